The summed E-state index contributed by atoms with van der Waals surface area (Å²) in [6, 6.07) is 3.44. The number of carbonyl (C=O) groups is 1. The number of methoxy groups -OCH3 is 1. The summed E-state index contributed by atoms with van der Waals surface area (Å²) in [5.74, 6) is 0.748. The third kappa shape index (κ3) is 3.88. The summed E-state index contributed by atoms with van der Waals surface area (Å²) in [4.78, 5) is 15.5. The van der Waals surface area contributed by atoms with Gasteiger partial charge in [-0.05, 0) is 30.9 Å². The first-order valence-corrected chi connectivity index (χ1v) is 8.38. The minimum Gasteiger partial charge on any atom is -0.465 e. The van der Waals surface area contributed by atoms with E-state index in [1.54, 1.807) is 12.1 Å². The summed E-state index contributed by atoms with van der Waals surface area (Å²) in [7, 11) is 0.467. The maximum Gasteiger partial charge on any atom is 0.339 e. The van der Waals surface area contributed by atoms with Crippen LogP contribution in [-0.2, 0) is 21.3 Å². The monoisotopic (exact) mass is 295 g/mol. The molecule has 1 aromatic heterocycles. The molecule has 0 aromatic carbocycles. The lowest BCUT2D eigenvalue weighted by molar-refractivity contribution is 0.0600. The van der Waals surface area contributed by atoms with Gasteiger partial charge in [-0.3, -0.25) is 9.19 Å². The van der Waals surface area contributed by atoms with Gasteiger partial charge in [0.05, 0.1) is 24.1 Å². The summed E-state index contributed by atoms with van der Waals surface area (Å²) in [6.45, 7) is 2.23. The lowest BCUT2D eigenvalue weighted by Crippen LogP contribution is -2.24. The topological polar surface area (TPSA) is 56.3 Å². The molecule has 1 aliphatic rings. The molecule has 0 spiro atoms. The van der Waals surface area contributed by atoms with Gasteiger partial charge in [-0.1, -0.05) is 19.8 Å². The van der Waals surface area contributed by atoms with E-state index >= 15 is 0 Å². The van der Waals surface area contributed by atoms with Gasteiger partial charge < -0.3 is 4.74 Å². The van der Waals surface area contributed by atoms with Crippen LogP contribution in [-0.4, -0.2) is 27.5 Å². The first kappa shape index (κ1) is 15.2. The molecule has 110 valence electrons. The third-order valence-corrected chi connectivity index (χ3v) is 5.55. The van der Waals surface area contributed by atoms with E-state index in [1.807, 2.05) is 0 Å². The van der Waals surface area contributed by atoms with Crippen molar-refractivity contribution in [2.75, 3.05) is 7.11 Å². The van der Waals surface area contributed by atoms with Gasteiger partial charge in [0.15, 0.2) is 0 Å². The predicted octanol–water partition coefficient (Wildman–Crippen LogP) is 2.70. The summed E-state index contributed by atoms with van der Waals surface area (Å²) >= 11 is 0. The molecule has 1 fully saturated rings. The highest BCUT2D eigenvalue weighted by atomic mass is 32.2. The molecule has 20 heavy (non-hydrogen) atoms. The predicted molar refractivity (Wildman–Crippen MR) is 78.8 cm³/mol. The molecule has 4 nitrogen and oxygen atoms in total. The number of hydrogen-bond donors (Lipinski definition) is 0. The van der Waals surface area contributed by atoms with E-state index in [9.17, 15) is 9.00 Å². The van der Waals surface area contributed by atoms with Crippen LogP contribution in [0.25, 0.3) is 0 Å². The van der Waals surface area contributed by atoms with Crippen LogP contribution in [0.1, 0.15) is 48.7 Å². The highest BCUT2D eigenvalue weighted by molar-refractivity contribution is 7.84. The lowest BCUT2D eigenvalue weighted by atomic mass is 9.91. The van der Waals surface area contributed by atoms with Crippen LogP contribution in [0.5, 0.6) is 0 Å². The Morgan fingerprint density at radius 1 is 1.45 bits per heavy atom. The molecular weight excluding hydrogens is 274 g/mol. The molecular formula is C15H21NO3S. The standard InChI is InChI=1S/C15H21NO3S/c1-11-4-3-5-14(8-11)20(18)10-13-7-6-12(9-16-13)15(17)19-2/h6-7,9,11,14H,3-5,8,10H2,1-2H3. The molecule has 3 unspecified atom stereocenters. The molecule has 0 saturated heterocycles. The smallest absolute Gasteiger partial charge is 0.339 e. The molecule has 0 bridgehead atoms. The van der Waals surface area contributed by atoms with Crippen molar-refractivity contribution in [1.29, 1.82) is 0 Å². The van der Waals surface area contributed by atoms with E-state index < -0.39 is 16.8 Å². The minimum atomic E-state index is -0.876. The van der Waals surface area contributed by atoms with Gasteiger partial charge in [0.1, 0.15) is 0 Å². The minimum absolute atomic E-state index is 0.292. The van der Waals surface area contributed by atoms with Crippen LogP contribution in [0.4, 0.5) is 0 Å². The summed E-state index contributed by atoms with van der Waals surface area (Å²) in [5, 5.41) is 0.292. The quantitative estimate of drug-likeness (QED) is 0.801. The number of esters is 1. The van der Waals surface area contributed by atoms with E-state index in [0.717, 1.165) is 18.5 Å². The van der Waals surface area contributed by atoms with Crippen molar-refractivity contribution < 1.29 is 13.7 Å². The van der Waals surface area contributed by atoms with Crippen molar-refractivity contribution >= 4 is 16.8 Å². The average molecular weight is 295 g/mol. The van der Waals surface area contributed by atoms with Gasteiger partial charge in [0, 0.05) is 22.2 Å². The largest absolute Gasteiger partial charge is 0.465 e. The fourth-order valence-electron chi connectivity index (χ4n) is 2.63. The Hall–Kier alpha value is -1.23. The van der Waals surface area contributed by atoms with Crippen LogP contribution < -0.4 is 0 Å². The van der Waals surface area contributed by atoms with Gasteiger partial charge in [-0.15, -0.1) is 0 Å². The molecule has 0 amide bonds. The maximum atomic E-state index is 12.4. The number of hydrogen-bond acceptors (Lipinski definition) is 4. The van der Waals surface area contributed by atoms with Crippen LogP contribution in [0.2, 0.25) is 0 Å². The second-order valence-corrected chi connectivity index (χ2v) is 7.17. The Balaban J connectivity index is 1.95. The number of carbonyl (C=O) groups excluding carboxylic acids is 1. The highest BCUT2D eigenvalue weighted by Crippen LogP contribution is 2.28. The Labute approximate surface area is 122 Å². The SMILES string of the molecule is COC(=O)c1ccc(CS(=O)C2CCCC(C)C2)nc1. The maximum absolute atomic E-state index is 12.4. The molecule has 5 heteroatoms. The van der Waals surface area contributed by atoms with Crippen molar-refractivity contribution in [1.82, 2.24) is 4.98 Å². The Kier molecular flexibility index (Phi) is 5.29. The van der Waals surface area contributed by atoms with E-state index in [0.29, 0.717) is 22.5 Å². The molecule has 1 heterocycles. The van der Waals surface area contributed by atoms with Crippen molar-refractivity contribution in [2.45, 2.75) is 43.6 Å². The third-order valence-electron chi connectivity index (χ3n) is 3.80. The van der Waals surface area contributed by atoms with Gasteiger partial charge in [-0.25, -0.2) is 4.79 Å². The number of rotatable bonds is 4. The van der Waals surface area contributed by atoms with E-state index in [1.165, 1.54) is 26.1 Å². The van der Waals surface area contributed by atoms with Gasteiger partial charge >= 0.3 is 5.97 Å². The van der Waals surface area contributed by atoms with Crippen LogP contribution in [0.3, 0.4) is 0 Å². The van der Waals surface area contributed by atoms with Crippen molar-refractivity contribution in [3.8, 4) is 0 Å². The normalized spacial score (nSPS) is 24.1. The molecule has 3 atom stereocenters. The summed E-state index contributed by atoms with van der Waals surface area (Å²) in [6.07, 6.45) is 6.01. The van der Waals surface area contributed by atoms with Gasteiger partial charge in [-0.2, -0.15) is 0 Å². The lowest BCUT2D eigenvalue weighted by Gasteiger charge is -2.25. The second-order valence-electron chi connectivity index (χ2n) is 5.45. The van der Waals surface area contributed by atoms with Crippen LogP contribution in [0, 0.1) is 5.92 Å². The zero-order chi connectivity index (χ0) is 14.5. The summed E-state index contributed by atoms with van der Waals surface area (Å²) in [5.41, 5.74) is 1.20. The van der Waals surface area contributed by atoms with Crippen molar-refractivity contribution in [3.05, 3.63) is 29.6 Å². The number of pyridine rings is 1. The van der Waals surface area contributed by atoms with Gasteiger partial charge in [0.2, 0.25) is 0 Å². The average Bonchev–Trinajstić information content (AvgIpc) is 2.47. The van der Waals surface area contributed by atoms with Crippen LogP contribution in [0.15, 0.2) is 18.3 Å². The Bertz CT molecular complexity index is 486. The number of nitrogens with zero attached hydrogens (tertiary/aromatic N) is 1. The fraction of sp³-hybridized carbons (Fsp3) is 0.600. The van der Waals surface area contributed by atoms with Crippen LogP contribution >= 0.6 is 0 Å². The van der Waals surface area contributed by atoms with E-state index in [-0.39, 0.29) is 0 Å². The molecule has 1 aliphatic carbocycles. The Morgan fingerprint density at radius 2 is 2.25 bits per heavy atom. The summed E-state index contributed by atoms with van der Waals surface area (Å²) < 4.78 is 17.0. The zero-order valence-corrected chi connectivity index (χ0v) is 12.8. The van der Waals surface area contributed by atoms with Crippen molar-refractivity contribution in [2.24, 2.45) is 5.92 Å². The van der Waals surface area contributed by atoms with E-state index in [2.05, 4.69) is 16.6 Å². The molecule has 0 radical (unpaired) electrons. The van der Waals surface area contributed by atoms with Gasteiger partial charge in [0.25, 0.3) is 0 Å². The highest BCUT2D eigenvalue weighted by Gasteiger charge is 2.24. The first-order valence-electron chi connectivity index (χ1n) is 7.00. The fourth-order valence-corrected chi connectivity index (χ4v) is 4.30. The number of ether oxygens (including phenoxy) is 1. The molecule has 0 N–H and O–H groups in total. The number of aromatic nitrogens is 1. The zero-order valence-electron chi connectivity index (χ0n) is 12.0. The molecule has 2 rings (SSSR count). The second kappa shape index (κ2) is 6.97. The Morgan fingerprint density at radius 3 is 2.85 bits per heavy atom. The molecule has 1 saturated carbocycles. The molecule has 1 aromatic rings. The van der Waals surface area contributed by atoms with E-state index in [4.69, 9.17) is 0 Å². The molecule has 0 aliphatic heterocycles. The van der Waals surface area contributed by atoms with Crippen molar-refractivity contribution in [3.63, 3.8) is 0 Å². The first-order chi connectivity index (χ1) is 9.60.